The second-order valence-corrected chi connectivity index (χ2v) is 5.70. The molecule has 0 radical (unpaired) electrons. The van der Waals surface area contributed by atoms with E-state index in [4.69, 9.17) is 27.9 Å². The van der Waals surface area contributed by atoms with Crippen LogP contribution < -0.4 is 10.2 Å². The maximum atomic E-state index is 11.9. The van der Waals surface area contributed by atoms with Crippen molar-refractivity contribution in [3.8, 4) is 0 Å². The van der Waals surface area contributed by atoms with Crippen LogP contribution in [-0.4, -0.2) is 57.4 Å². The van der Waals surface area contributed by atoms with Crippen LogP contribution in [0.2, 0.25) is 10.0 Å². The Hall–Kier alpha value is -1.17. The number of methoxy groups -OCH3 is 1. The first-order valence-corrected chi connectivity index (χ1v) is 7.58. The van der Waals surface area contributed by atoms with Crippen LogP contribution in [0.5, 0.6) is 0 Å². The molecule has 0 spiro atoms. The molecule has 1 fully saturated rings. The van der Waals surface area contributed by atoms with Crippen molar-refractivity contribution >= 4 is 34.9 Å². The van der Waals surface area contributed by atoms with Crippen molar-refractivity contribution in [2.24, 2.45) is 0 Å². The zero-order valence-electron chi connectivity index (χ0n) is 11.9. The highest BCUT2D eigenvalue weighted by atomic mass is 35.5. The largest absolute Gasteiger partial charge is 0.383 e. The topological polar surface area (TPSA) is 44.8 Å². The number of rotatable bonds is 4. The summed E-state index contributed by atoms with van der Waals surface area (Å²) in [7, 11) is 1.61. The minimum Gasteiger partial charge on any atom is -0.383 e. The van der Waals surface area contributed by atoms with E-state index in [2.05, 4.69) is 10.2 Å². The number of urea groups is 1. The van der Waals surface area contributed by atoms with Crippen molar-refractivity contribution in [1.29, 1.82) is 0 Å². The van der Waals surface area contributed by atoms with Crippen LogP contribution in [0.1, 0.15) is 0 Å². The van der Waals surface area contributed by atoms with Gasteiger partial charge in [-0.1, -0.05) is 23.2 Å². The van der Waals surface area contributed by atoms with Crippen LogP contribution in [0.15, 0.2) is 18.2 Å². The van der Waals surface area contributed by atoms with Gasteiger partial charge in [0, 0.05) is 55.6 Å². The van der Waals surface area contributed by atoms with Crippen molar-refractivity contribution in [2.75, 3.05) is 51.3 Å². The summed E-state index contributed by atoms with van der Waals surface area (Å²) in [5, 5.41) is 4.07. The number of nitrogens with zero attached hydrogens (tertiary/aromatic N) is 2. The Morgan fingerprint density at radius 2 is 1.81 bits per heavy atom. The first-order chi connectivity index (χ1) is 10.1. The minimum atomic E-state index is -0.0455. The van der Waals surface area contributed by atoms with E-state index in [0.717, 1.165) is 18.8 Å². The fraction of sp³-hybridized carbons (Fsp3) is 0.500. The van der Waals surface area contributed by atoms with Gasteiger partial charge in [0.15, 0.2) is 0 Å². The second-order valence-electron chi connectivity index (χ2n) is 4.83. The van der Waals surface area contributed by atoms with Gasteiger partial charge in [-0.2, -0.15) is 0 Å². The Balaban J connectivity index is 1.86. The third-order valence-electron chi connectivity index (χ3n) is 3.36. The number of piperazine rings is 1. The smallest absolute Gasteiger partial charge is 0.317 e. The number of halogens is 2. The van der Waals surface area contributed by atoms with Crippen molar-refractivity contribution < 1.29 is 9.53 Å². The van der Waals surface area contributed by atoms with Gasteiger partial charge < -0.3 is 19.9 Å². The SMILES string of the molecule is COCCNC(=O)N1CCN(c2cc(Cl)cc(Cl)c2)CC1. The number of hydrogen-bond donors (Lipinski definition) is 1. The molecule has 1 aromatic rings. The zero-order valence-corrected chi connectivity index (χ0v) is 13.5. The van der Waals surface area contributed by atoms with E-state index in [1.165, 1.54) is 0 Å². The number of carbonyl (C=O) groups is 1. The maximum Gasteiger partial charge on any atom is 0.317 e. The summed E-state index contributed by atoms with van der Waals surface area (Å²) < 4.78 is 4.91. The van der Waals surface area contributed by atoms with Gasteiger partial charge in [-0.25, -0.2) is 4.79 Å². The molecular formula is C14H19Cl2N3O2. The fourth-order valence-electron chi connectivity index (χ4n) is 2.26. The molecule has 7 heteroatoms. The van der Waals surface area contributed by atoms with Gasteiger partial charge in [0.05, 0.1) is 6.61 Å². The second kappa shape index (κ2) is 7.73. The molecule has 2 amide bonds. The van der Waals surface area contributed by atoms with Crippen molar-refractivity contribution in [1.82, 2.24) is 10.2 Å². The normalized spacial score (nSPS) is 15.2. The molecule has 1 heterocycles. The van der Waals surface area contributed by atoms with Gasteiger partial charge in [-0.05, 0) is 18.2 Å². The summed E-state index contributed by atoms with van der Waals surface area (Å²) in [6.07, 6.45) is 0. The first-order valence-electron chi connectivity index (χ1n) is 6.83. The molecule has 0 atom stereocenters. The van der Waals surface area contributed by atoms with Gasteiger partial charge in [-0.15, -0.1) is 0 Å². The van der Waals surface area contributed by atoms with E-state index in [1.54, 1.807) is 18.1 Å². The third-order valence-corrected chi connectivity index (χ3v) is 3.80. The fourth-order valence-corrected chi connectivity index (χ4v) is 2.78. The predicted octanol–water partition coefficient (Wildman–Crippen LogP) is 2.47. The molecular weight excluding hydrogens is 313 g/mol. The summed E-state index contributed by atoms with van der Waals surface area (Å²) >= 11 is 12.0. The third kappa shape index (κ3) is 4.66. The molecule has 1 aromatic carbocycles. The minimum absolute atomic E-state index is 0.0455. The summed E-state index contributed by atoms with van der Waals surface area (Å²) in [4.78, 5) is 15.9. The lowest BCUT2D eigenvalue weighted by atomic mass is 10.2. The molecule has 2 rings (SSSR count). The lowest BCUT2D eigenvalue weighted by Gasteiger charge is -2.36. The van der Waals surface area contributed by atoms with E-state index >= 15 is 0 Å². The molecule has 1 aliphatic rings. The van der Waals surface area contributed by atoms with E-state index in [-0.39, 0.29) is 6.03 Å². The number of anilines is 1. The monoisotopic (exact) mass is 331 g/mol. The molecule has 0 unspecified atom stereocenters. The van der Waals surface area contributed by atoms with Gasteiger partial charge in [0.25, 0.3) is 0 Å². The average molecular weight is 332 g/mol. The predicted molar refractivity (Wildman–Crippen MR) is 85.5 cm³/mol. The van der Waals surface area contributed by atoms with E-state index in [0.29, 0.717) is 36.3 Å². The van der Waals surface area contributed by atoms with Crippen LogP contribution >= 0.6 is 23.2 Å². The molecule has 1 aliphatic heterocycles. The number of carbonyl (C=O) groups excluding carboxylic acids is 1. The number of ether oxygens (including phenoxy) is 1. The zero-order chi connectivity index (χ0) is 15.2. The molecule has 1 N–H and O–H groups in total. The number of benzene rings is 1. The maximum absolute atomic E-state index is 11.9. The highest BCUT2D eigenvalue weighted by Gasteiger charge is 2.21. The molecule has 0 bridgehead atoms. The summed E-state index contributed by atoms with van der Waals surface area (Å²) in [5.74, 6) is 0. The quantitative estimate of drug-likeness (QED) is 0.862. The van der Waals surface area contributed by atoms with Gasteiger partial charge >= 0.3 is 6.03 Å². The van der Waals surface area contributed by atoms with Crippen LogP contribution in [0.3, 0.4) is 0 Å². The Labute approximate surface area is 134 Å². The Bertz CT molecular complexity index is 471. The lowest BCUT2D eigenvalue weighted by molar-refractivity contribution is 0.177. The van der Waals surface area contributed by atoms with Gasteiger partial charge in [-0.3, -0.25) is 0 Å². The van der Waals surface area contributed by atoms with Crippen LogP contribution in [0.4, 0.5) is 10.5 Å². The highest BCUT2D eigenvalue weighted by molar-refractivity contribution is 6.35. The molecule has 0 saturated carbocycles. The van der Waals surface area contributed by atoms with Crippen LogP contribution in [0, 0.1) is 0 Å². The summed E-state index contributed by atoms with van der Waals surface area (Å²) in [6, 6.07) is 5.45. The summed E-state index contributed by atoms with van der Waals surface area (Å²) in [6.45, 7) is 3.90. The Kier molecular flexibility index (Phi) is 5.96. The van der Waals surface area contributed by atoms with E-state index < -0.39 is 0 Å². The van der Waals surface area contributed by atoms with Crippen molar-refractivity contribution in [3.05, 3.63) is 28.2 Å². The van der Waals surface area contributed by atoms with Crippen LogP contribution in [0.25, 0.3) is 0 Å². The van der Waals surface area contributed by atoms with Crippen molar-refractivity contribution in [3.63, 3.8) is 0 Å². The molecule has 0 aromatic heterocycles. The first kappa shape index (κ1) is 16.2. The number of nitrogens with one attached hydrogen (secondary N) is 1. The lowest BCUT2D eigenvalue weighted by Crippen LogP contribution is -2.52. The van der Waals surface area contributed by atoms with Gasteiger partial charge in [0.1, 0.15) is 0 Å². The number of amides is 2. The number of hydrogen-bond acceptors (Lipinski definition) is 3. The molecule has 21 heavy (non-hydrogen) atoms. The summed E-state index contributed by atoms with van der Waals surface area (Å²) in [5.41, 5.74) is 0.993. The van der Waals surface area contributed by atoms with Crippen molar-refractivity contribution in [2.45, 2.75) is 0 Å². The standard InChI is InChI=1S/C14H19Cl2N3O2/c1-21-7-2-17-14(20)19-5-3-18(4-6-19)13-9-11(15)8-12(16)10-13/h8-10H,2-7H2,1H3,(H,17,20). The Morgan fingerprint density at radius 1 is 1.19 bits per heavy atom. The molecule has 0 aliphatic carbocycles. The molecule has 5 nitrogen and oxygen atoms in total. The van der Waals surface area contributed by atoms with Crippen LogP contribution in [-0.2, 0) is 4.74 Å². The highest BCUT2D eigenvalue weighted by Crippen LogP contribution is 2.26. The van der Waals surface area contributed by atoms with E-state index in [9.17, 15) is 4.79 Å². The Morgan fingerprint density at radius 3 is 2.38 bits per heavy atom. The van der Waals surface area contributed by atoms with Gasteiger partial charge in [0.2, 0.25) is 0 Å². The van der Waals surface area contributed by atoms with E-state index in [1.807, 2.05) is 12.1 Å². The molecule has 1 saturated heterocycles. The average Bonchev–Trinajstić information content (AvgIpc) is 2.46. The molecule has 116 valence electrons.